The lowest BCUT2D eigenvalue weighted by molar-refractivity contribution is -0.138. The predicted octanol–water partition coefficient (Wildman–Crippen LogP) is 4.52. The summed E-state index contributed by atoms with van der Waals surface area (Å²) >= 11 is 6.03. The number of cyclic esters (lactones) is 1. The molecule has 0 aliphatic carbocycles. The molecule has 0 amide bonds. The lowest BCUT2D eigenvalue weighted by Gasteiger charge is -2.10. The number of aliphatic hydroxyl groups excluding tert-OH is 1. The van der Waals surface area contributed by atoms with E-state index in [1.807, 2.05) is 44.2 Å². The molecule has 0 saturated carbocycles. The second kappa shape index (κ2) is 5.50. The minimum Gasteiger partial charge on any atom is -0.507 e. The minimum absolute atomic E-state index is 0.0512. The van der Waals surface area contributed by atoms with Gasteiger partial charge in [-0.15, -0.1) is 0 Å². The molecule has 0 bridgehead atoms. The highest BCUT2D eigenvalue weighted by atomic mass is 35.5. The number of aliphatic hydroxyl groups is 1. The van der Waals surface area contributed by atoms with Crippen LogP contribution < -0.4 is 0 Å². The van der Waals surface area contributed by atoms with Gasteiger partial charge in [-0.2, -0.15) is 0 Å². The zero-order valence-electron chi connectivity index (χ0n) is 12.3. The molecule has 0 radical (unpaired) electrons. The molecule has 0 saturated heterocycles. The van der Waals surface area contributed by atoms with Crippen molar-refractivity contribution in [1.29, 1.82) is 0 Å². The van der Waals surface area contributed by atoms with Crippen molar-refractivity contribution < 1.29 is 14.6 Å². The Morgan fingerprint density at radius 1 is 1.09 bits per heavy atom. The molecule has 112 valence electrons. The Balaban J connectivity index is 2.14. The molecule has 0 aromatic heterocycles. The first-order valence-electron chi connectivity index (χ1n) is 6.95. The maximum Gasteiger partial charge on any atom is 0.343 e. The van der Waals surface area contributed by atoms with Crippen molar-refractivity contribution in [2.45, 2.75) is 20.0 Å². The summed E-state index contributed by atoms with van der Waals surface area (Å²) in [5, 5.41) is 11.1. The highest BCUT2D eigenvalue weighted by molar-refractivity contribution is 6.31. The number of rotatable bonds is 2. The van der Waals surface area contributed by atoms with Gasteiger partial charge in [0.05, 0.1) is 0 Å². The van der Waals surface area contributed by atoms with Crippen LogP contribution in [0.25, 0.3) is 5.57 Å². The van der Waals surface area contributed by atoms with Crippen molar-refractivity contribution in [1.82, 2.24) is 0 Å². The Morgan fingerprint density at radius 3 is 2.27 bits per heavy atom. The highest BCUT2D eigenvalue weighted by Gasteiger charge is 2.37. The molecule has 1 unspecified atom stereocenters. The molecule has 1 N–H and O–H groups in total. The Morgan fingerprint density at radius 2 is 1.68 bits per heavy atom. The van der Waals surface area contributed by atoms with E-state index in [2.05, 4.69) is 0 Å². The lowest BCUT2D eigenvalue weighted by Crippen LogP contribution is -2.04. The number of ether oxygens (including phenoxy) is 1. The van der Waals surface area contributed by atoms with Gasteiger partial charge in [-0.1, -0.05) is 41.9 Å². The maximum absolute atomic E-state index is 12.3. The van der Waals surface area contributed by atoms with E-state index in [1.165, 1.54) is 0 Å². The highest BCUT2D eigenvalue weighted by Crippen LogP contribution is 2.40. The lowest BCUT2D eigenvalue weighted by atomic mass is 9.94. The van der Waals surface area contributed by atoms with Gasteiger partial charge in [0.15, 0.2) is 11.9 Å². The zero-order valence-corrected chi connectivity index (χ0v) is 13.0. The third-order valence-corrected chi connectivity index (χ3v) is 4.00. The molecule has 3 rings (SSSR count). The number of halogens is 1. The Kier molecular flexibility index (Phi) is 3.67. The number of hydrogen-bond donors (Lipinski definition) is 1. The first-order valence-corrected chi connectivity index (χ1v) is 7.33. The van der Waals surface area contributed by atoms with Crippen LogP contribution in [0.3, 0.4) is 0 Å². The normalized spacial score (nSPS) is 17.8. The summed E-state index contributed by atoms with van der Waals surface area (Å²) in [5.41, 5.74) is 3.31. The molecule has 4 heteroatoms. The zero-order chi connectivity index (χ0) is 15.9. The van der Waals surface area contributed by atoms with Crippen LogP contribution in [-0.2, 0) is 9.53 Å². The largest absolute Gasteiger partial charge is 0.507 e. The molecule has 0 spiro atoms. The van der Waals surface area contributed by atoms with Crippen LogP contribution in [0, 0.1) is 13.8 Å². The maximum atomic E-state index is 12.3. The summed E-state index contributed by atoms with van der Waals surface area (Å²) in [5.74, 6) is -0.565. The van der Waals surface area contributed by atoms with Gasteiger partial charge in [0, 0.05) is 10.6 Å². The Hall–Kier alpha value is -2.26. The summed E-state index contributed by atoms with van der Waals surface area (Å²) in [7, 11) is 0. The van der Waals surface area contributed by atoms with Gasteiger partial charge in [-0.05, 0) is 42.7 Å². The summed E-state index contributed by atoms with van der Waals surface area (Å²) < 4.78 is 5.37. The van der Waals surface area contributed by atoms with Crippen LogP contribution >= 0.6 is 11.6 Å². The molecule has 2 aromatic rings. The monoisotopic (exact) mass is 314 g/mol. The van der Waals surface area contributed by atoms with E-state index < -0.39 is 12.1 Å². The standard InChI is InChI=1S/C18H15ClO3/c1-10-8-13(19)9-11(2)14(10)15-16(20)17(22-18(15)21)12-6-4-3-5-7-12/h3-9,17,20H,1-2H3. The van der Waals surface area contributed by atoms with Crippen molar-refractivity contribution in [2.75, 3.05) is 0 Å². The van der Waals surface area contributed by atoms with Crippen molar-refractivity contribution in [2.24, 2.45) is 0 Å². The van der Waals surface area contributed by atoms with E-state index >= 15 is 0 Å². The fraction of sp³-hybridized carbons (Fsp3) is 0.167. The van der Waals surface area contributed by atoms with Gasteiger partial charge >= 0.3 is 5.97 Å². The smallest absolute Gasteiger partial charge is 0.343 e. The van der Waals surface area contributed by atoms with E-state index in [0.29, 0.717) is 10.6 Å². The molecule has 0 fully saturated rings. The number of aryl methyl sites for hydroxylation is 2. The first-order chi connectivity index (χ1) is 10.5. The molecule has 1 aliphatic rings. The van der Waals surface area contributed by atoms with E-state index in [0.717, 1.165) is 16.7 Å². The average molecular weight is 315 g/mol. The van der Waals surface area contributed by atoms with E-state index in [1.54, 1.807) is 12.1 Å². The molecule has 22 heavy (non-hydrogen) atoms. The van der Waals surface area contributed by atoms with Crippen LogP contribution in [0.2, 0.25) is 5.02 Å². The predicted molar refractivity (Wildman–Crippen MR) is 85.7 cm³/mol. The molecule has 1 atom stereocenters. The summed E-state index contributed by atoms with van der Waals surface area (Å²) in [6, 6.07) is 12.7. The molecular formula is C18H15ClO3. The van der Waals surface area contributed by atoms with Crippen molar-refractivity contribution in [3.63, 3.8) is 0 Å². The molecule has 1 aliphatic heterocycles. The van der Waals surface area contributed by atoms with Crippen molar-refractivity contribution in [3.8, 4) is 0 Å². The third-order valence-electron chi connectivity index (χ3n) is 3.78. The number of esters is 1. The topological polar surface area (TPSA) is 46.5 Å². The minimum atomic E-state index is -0.752. The van der Waals surface area contributed by atoms with Gasteiger partial charge in [0.1, 0.15) is 5.57 Å². The van der Waals surface area contributed by atoms with E-state index in [9.17, 15) is 9.90 Å². The van der Waals surface area contributed by atoms with Crippen LogP contribution in [0.5, 0.6) is 0 Å². The molecular weight excluding hydrogens is 300 g/mol. The molecule has 2 aromatic carbocycles. The van der Waals surface area contributed by atoms with Gasteiger partial charge in [0.2, 0.25) is 0 Å². The Labute approximate surface area is 133 Å². The number of carbonyl (C=O) groups is 1. The summed E-state index contributed by atoms with van der Waals surface area (Å²) in [6.07, 6.45) is -0.752. The molecule has 1 heterocycles. The second-order valence-electron chi connectivity index (χ2n) is 5.37. The van der Waals surface area contributed by atoms with Crippen LogP contribution in [-0.4, -0.2) is 11.1 Å². The van der Waals surface area contributed by atoms with Crippen LogP contribution in [0.4, 0.5) is 0 Å². The number of hydrogen-bond acceptors (Lipinski definition) is 3. The van der Waals surface area contributed by atoms with E-state index in [-0.39, 0.29) is 11.3 Å². The van der Waals surface area contributed by atoms with Crippen molar-refractivity contribution >= 4 is 23.1 Å². The fourth-order valence-corrected chi connectivity index (χ4v) is 3.17. The fourth-order valence-electron chi connectivity index (χ4n) is 2.85. The van der Waals surface area contributed by atoms with Gasteiger partial charge in [-0.25, -0.2) is 4.79 Å². The van der Waals surface area contributed by atoms with Crippen molar-refractivity contribution in [3.05, 3.63) is 75.5 Å². The quantitative estimate of drug-likeness (QED) is 0.829. The van der Waals surface area contributed by atoms with Crippen LogP contribution in [0.1, 0.15) is 28.4 Å². The van der Waals surface area contributed by atoms with E-state index in [4.69, 9.17) is 16.3 Å². The number of carbonyl (C=O) groups excluding carboxylic acids is 1. The average Bonchev–Trinajstić information content (AvgIpc) is 2.75. The summed E-state index contributed by atoms with van der Waals surface area (Å²) in [6.45, 7) is 3.72. The van der Waals surface area contributed by atoms with Gasteiger partial charge in [0.25, 0.3) is 0 Å². The SMILES string of the molecule is Cc1cc(Cl)cc(C)c1C1=C(O)C(c2ccccc2)OC1=O. The first kappa shape index (κ1) is 14.7. The van der Waals surface area contributed by atoms with Gasteiger partial charge < -0.3 is 9.84 Å². The third kappa shape index (κ3) is 2.38. The van der Waals surface area contributed by atoms with Gasteiger partial charge in [-0.3, -0.25) is 0 Å². The number of benzene rings is 2. The van der Waals surface area contributed by atoms with Crippen LogP contribution in [0.15, 0.2) is 48.2 Å². The molecule has 3 nitrogen and oxygen atoms in total. The summed E-state index contributed by atoms with van der Waals surface area (Å²) in [4.78, 5) is 12.3. The Bertz CT molecular complexity index is 755. The second-order valence-corrected chi connectivity index (χ2v) is 5.81.